The number of phenolic OH excluding ortho intramolecular Hbond substituents is 1. The highest BCUT2D eigenvalue weighted by Gasteiger charge is 2.54. The molecule has 2 bridgehead atoms. The van der Waals surface area contributed by atoms with Crippen LogP contribution in [0, 0.1) is 5.21 Å². The van der Waals surface area contributed by atoms with E-state index < -0.39 is 10.1 Å². The Hall–Kier alpha value is -2.31. The SMILES string of the molecule is COC1=C[C@]23CC[N@+](C)([O-])[C@@H](Cc4cc(O)c(OC)cc42)C3=CC1=O. The molecule has 1 saturated heterocycles. The lowest BCUT2D eigenvalue weighted by molar-refractivity contribution is -0.886. The van der Waals surface area contributed by atoms with Gasteiger partial charge in [-0.2, -0.15) is 0 Å². The zero-order valence-electron chi connectivity index (χ0n) is 14.5. The minimum absolute atomic E-state index is 0.0612. The van der Waals surface area contributed by atoms with Gasteiger partial charge in [-0.1, -0.05) is 0 Å². The lowest BCUT2D eigenvalue weighted by Crippen LogP contribution is -2.61. The molecule has 0 radical (unpaired) electrons. The fourth-order valence-corrected chi connectivity index (χ4v) is 4.58. The Balaban J connectivity index is 2.02. The van der Waals surface area contributed by atoms with Crippen molar-refractivity contribution in [2.24, 2.45) is 0 Å². The number of hydroxylamine groups is 3. The number of hydrogen-bond acceptors (Lipinski definition) is 5. The van der Waals surface area contributed by atoms with Crippen molar-refractivity contribution >= 4 is 5.78 Å². The van der Waals surface area contributed by atoms with Crippen LogP contribution in [0.4, 0.5) is 0 Å². The summed E-state index contributed by atoms with van der Waals surface area (Å²) in [7, 11) is 4.65. The number of methoxy groups -OCH3 is 2. The molecule has 1 aliphatic heterocycles. The monoisotopic (exact) mass is 343 g/mol. The number of carbonyl (C=O) groups excluding carboxylic acids is 1. The van der Waals surface area contributed by atoms with Gasteiger partial charge in [-0.3, -0.25) is 4.79 Å². The van der Waals surface area contributed by atoms with E-state index in [1.54, 1.807) is 19.2 Å². The number of piperidine rings is 1. The van der Waals surface area contributed by atoms with Crippen LogP contribution in [0.25, 0.3) is 0 Å². The molecule has 6 nitrogen and oxygen atoms in total. The third-order valence-corrected chi connectivity index (χ3v) is 5.91. The van der Waals surface area contributed by atoms with Gasteiger partial charge >= 0.3 is 0 Å². The van der Waals surface area contributed by atoms with E-state index in [9.17, 15) is 15.1 Å². The molecule has 3 atom stereocenters. The fourth-order valence-electron chi connectivity index (χ4n) is 4.58. The molecule has 0 aromatic heterocycles. The van der Waals surface area contributed by atoms with Crippen molar-refractivity contribution in [3.63, 3.8) is 0 Å². The van der Waals surface area contributed by atoms with Crippen molar-refractivity contribution in [2.45, 2.75) is 24.3 Å². The lowest BCUT2D eigenvalue weighted by Gasteiger charge is -2.58. The number of fused-ring (bicyclic) bond motifs is 1. The van der Waals surface area contributed by atoms with Crippen molar-refractivity contribution in [2.75, 3.05) is 27.8 Å². The number of rotatable bonds is 2. The highest BCUT2D eigenvalue weighted by atomic mass is 16.5. The highest BCUT2D eigenvalue weighted by molar-refractivity contribution is 6.05. The number of quaternary nitrogens is 1. The molecule has 3 aliphatic rings. The number of allylic oxidation sites excluding steroid dienone is 2. The molecule has 1 fully saturated rings. The summed E-state index contributed by atoms with van der Waals surface area (Å²) < 4.78 is 10.2. The van der Waals surface area contributed by atoms with E-state index in [0.29, 0.717) is 30.9 Å². The normalized spacial score (nSPS) is 33.0. The summed E-state index contributed by atoms with van der Waals surface area (Å²) in [6.07, 6.45) is 4.50. The molecule has 4 rings (SSSR count). The standard InChI is InChI=1S/C19H21NO5/c1-20(23)5-4-19-10-18(25-3)16(22)8-13(19)14(20)6-11-7-15(21)17(24-2)9-12(11)19/h7-10,14,21H,4-6H2,1-3H3/t14-,19+,20-/m0/s1. The number of likely N-dealkylation sites (N-methyl/N-ethyl adjacent to an activating group) is 1. The van der Waals surface area contributed by atoms with Gasteiger partial charge < -0.3 is 24.4 Å². The predicted octanol–water partition coefficient (Wildman–Crippen LogP) is 1.95. The van der Waals surface area contributed by atoms with Gasteiger partial charge in [0, 0.05) is 18.4 Å². The summed E-state index contributed by atoms with van der Waals surface area (Å²) in [5.41, 5.74) is 2.19. The quantitative estimate of drug-likeness (QED) is 0.656. The van der Waals surface area contributed by atoms with Crippen molar-refractivity contribution in [1.29, 1.82) is 0 Å². The number of benzene rings is 1. The molecule has 1 aromatic carbocycles. The number of phenols is 1. The fraction of sp³-hybridized carbons (Fsp3) is 0.421. The minimum Gasteiger partial charge on any atom is -0.633 e. The molecule has 2 aliphatic carbocycles. The number of ketones is 1. The maximum Gasteiger partial charge on any atom is 0.220 e. The predicted molar refractivity (Wildman–Crippen MR) is 91.0 cm³/mol. The van der Waals surface area contributed by atoms with Crippen LogP contribution >= 0.6 is 0 Å². The van der Waals surface area contributed by atoms with Gasteiger partial charge in [-0.25, -0.2) is 0 Å². The van der Waals surface area contributed by atoms with Crippen LogP contribution < -0.4 is 4.74 Å². The Morgan fingerprint density at radius 2 is 2.08 bits per heavy atom. The first kappa shape index (κ1) is 16.2. The first-order chi connectivity index (χ1) is 11.8. The Kier molecular flexibility index (Phi) is 3.30. The van der Waals surface area contributed by atoms with E-state index >= 15 is 0 Å². The maximum atomic E-state index is 13.0. The third-order valence-electron chi connectivity index (χ3n) is 5.91. The average Bonchev–Trinajstić information content (AvgIpc) is 2.57. The summed E-state index contributed by atoms with van der Waals surface area (Å²) >= 11 is 0. The zero-order chi connectivity index (χ0) is 18.0. The molecular formula is C19H21NO5. The lowest BCUT2D eigenvalue weighted by atomic mass is 9.58. The van der Waals surface area contributed by atoms with Crippen molar-refractivity contribution < 1.29 is 24.0 Å². The number of nitrogens with zero attached hydrogens (tertiary/aromatic N) is 1. The van der Waals surface area contributed by atoms with Crippen molar-refractivity contribution in [3.8, 4) is 11.5 Å². The largest absolute Gasteiger partial charge is 0.633 e. The number of aromatic hydroxyl groups is 1. The number of likely N-dealkylation sites (tertiary alicyclic amines) is 1. The first-order valence-corrected chi connectivity index (χ1v) is 8.32. The zero-order valence-corrected chi connectivity index (χ0v) is 14.5. The van der Waals surface area contributed by atoms with Gasteiger partial charge in [0.25, 0.3) is 0 Å². The number of ether oxygens (including phenoxy) is 2. The van der Waals surface area contributed by atoms with Crippen LogP contribution in [-0.2, 0) is 21.4 Å². The molecule has 0 amide bonds. The van der Waals surface area contributed by atoms with E-state index in [0.717, 1.165) is 16.7 Å². The van der Waals surface area contributed by atoms with E-state index in [2.05, 4.69) is 0 Å². The average molecular weight is 343 g/mol. The van der Waals surface area contributed by atoms with Crippen LogP contribution in [0.2, 0.25) is 0 Å². The number of hydrogen-bond donors (Lipinski definition) is 1. The maximum absolute atomic E-state index is 13.0. The second-order valence-corrected chi connectivity index (χ2v) is 7.20. The van der Waals surface area contributed by atoms with Crippen LogP contribution in [-0.4, -0.2) is 49.4 Å². The van der Waals surface area contributed by atoms with Gasteiger partial charge in [0.1, 0.15) is 6.04 Å². The van der Waals surface area contributed by atoms with E-state index in [4.69, 9.17) is 9.47 Å². The summed E-state index contributed by atoms with van der Waals surface area (Å²) in [5.74, 6) is 0.546. The van der Waals surface area contributed by atoms with E-state index in [1.807, 2.05) is 12.1 Å². The first-order valence-electron chi connectivity index (χ1n) is 8.32. The molecule has 0 spiro atoms. The molecule has 1 aromatic rings. The van der Waals surface area contributed by atoms with E-state index in [1.165, 1.54) is 14.2 Å². The minimum atomic E-state index is -0.555. The Morgan fingerprint density at radius 3 is 2.76 bits per heavy atom. The smallest absolute Gasteiger partial charge is 0.220 e. The molecule has 25 heavy (non-hydrogen) atoms. The Bertz CT molecular complexity index is 838. The second kappa shape index (κ2) is 5.09. The molecule has 6 heteroatoms. The molecular weight excluding hydrogens is 322 g/mol. The molecule has 0 saturated carbocycles. The molecule has 0 unspecified atom stereocenters. The Morgan fingerprint density at radius 1 is 1.32 bits per heavy atom. The van der Waals surface area contributed by atoms with Crippen LogP contribution in [0.1, 0.15) is 17.5 Å². The van der Waals surface area contributed by atoms with Crippen molar-refractivity contribution in [1.82, 2.24) is 0 Å². The molecule has 1 heterocycles. The Labute approximate surface area is 146 Å². The van der Waals surface area contributed by atoms with Gasteiger partial charge in [0.2, 0.25) is 5.78 Å². The summed E-state index contributed by atoms with van der Waals surface area (Å²) in [6, 6.07) is 3.17. The summed E-state index contributed by atoms with van der Waals surface area (Å²) in [5, 5.41) is 23.2. The second-order valence-electron chi connectivity index (χ2n) is 7.20. The van der Waals surface area contributed by atoms with E-state index in [-0.39, 0.29) is 17.6 Å². The number of carbonyl (C=O) groups is 1. The van der Waals surface area contributed by atoms with Gasteiger partial charge in [-0.05, 0) is 35.4 Å². The summed E-state index contributed by atoms with van der Waals surface area (Å²) in [6.45, 7) is 0.451. The van der Waals surface area contributed by atoms with Gasteiger partial charge in [0.05, 0.1) is 33.2 Å². The molecule has 132 valence electrons. The van der Waals surface area contributed by atoms with Crippen LogP contribution in [0.15, 0.2) is 35.6 Å². The van der Waals surface area contributed by atoms with Gasteiger partial charge in [0.15, 0.2) is 17.3 Å². The van der Waals surface area contributed by atoms with Gasteiger partial charge in [-0.15, -0.1) is 0 Å². The topological polar surface area (TPSA) is 78.8 Å². The van der Waals surface area contributed by atoms with Crippen LogP contribution in [0.5, 0.6) is 11.5 Å². The van der Waals surface area contributed by atoms with Crippen molar-refractivity contribution in [3.05, 3.63) is 52.0 Å². The highest BCUT2D eigenvalue weighted by Crippen LogP contribution is 2.54. The third kappa shape index (κ3) is 2.07. The summed E-state index contributed by atoms with van der Waals surface area (Å²) in [4.78, 5) is 12.4. The van der Waals surface area contributed by atoms with Crippen LogP contribution in [0.3, 0.4) is 0 Å². The molecule has 1 N–H and O–H groups in total.